The number of nitrogens with zero attached hydrogens (tertiary/aromatic N) is 5. The van der Waals surface area contributed by atoms with Crippen molar-refractivity contribution in [1.82, 2.24) is 24.3 Å². The van der Waals surface area contributed by atoms with E-state index >= 15 is 0 Å². The molecule has 3 heterocycles. The summed E-state index contributed by atoms with van der Waals surface area (Å²) in [5.74, 6) is 2.47. The molecule has 0 fully saturated rings. The highest BCUT2D eigenvalue weighted by Crippen LogP contribution is 2.37. The van der Waals surface area contributed by atoms with Gasteiger partial charge < -0.3 is 9.47 Å². The fourth-order valence-electron chi connectivity index (χ4n) is 3.90. The number of aryl methyl sites for hydroxylation is 2. The lowest BCUT2D eigenvalue weighted by Gasteiger charge is -2.12. The van der Waals surface area contributed by atoms with Crippen LogP contribution >= 0.6 is 0 Å². The molecule has 30 heavy (non-hydrogen) atoms. The van der Waals surface area contributed by atoms with Crippen LogP contribution in [0.1, 0.15) is 5.82 Å². The van der Waals surface area contributed by atoms with Gasteiger partial charge in [0.25, 0.3) is 0 Å². The van der Waals surface area contributed by atoms with Crippen molar-refractivity contribution in [1.29, 1.82) is 0 Å². The summed E-state index contributed by atoms with van der Waals surface area (Å²) in [6.45, 7) is 2.00. The minimum atomic E-state index is 0.768. The van der Waals surface area contributed by atoms with E-state index in [-0.39, 0.29) is 0 Å². The minimum absolute atomic E-state index is 0.768. The molecule has 0 aliphatic carbocycles. The van der Waals surface area contributed by atoms with Gasteiger partial charge in [-0.3, -0.25) is 14.2 Å². The number of aromatic nitrogens is 5. The molecule has 0 radical (unpaired) electrons. The van der Waals surface area contributed by atoms with Gasteiger partial charge in [0.2, 0.25) is 0 Å². The normalized spacial score (nSPS) is 11.3. The van der Waals surface area contributed by atoms with Gasteiger partial charge >= 0.3 is 0 Å². The molecule has 0 aliphatic rings. The number of methoxy groups -OCH3 is 2. The number of hydrogen-bond acceptors (Lipinski definition) is 5. The summed E-state index contributed by atoms with van der Waals surface area (Å²) in [6, 6.07) is 12.0. The van der Waals surface area contributed by atoms with Crippen molar-refractivity contribution in [2.75, 3.05) is 14.2 Å². The van der Waals surface area contributed by atoms with Gasteiger partial charge in [0.15, 0.2) is 0 Å². The largest absolute Gasteiger partial charge is 0.497 e. The van der Waals surface area contributed by atoms with Crippen LogP contribution in [0.4, 0.5) is 0 Å². The maximum Gasteiger partial charge on any atom is 0.127 e. The van der Waals surface area contributed by atoms with Gasteiger partial charge in [-0.1, -0.05) is 0 Å². The summed E-state index contributed by atoms with van der Waals surface area (Å²) in [5.41, 5.74) is 5.66. The van der Waals surface area contributed by atoms with Crippen LogP contribution in [0.2, 0.25) is 0 Å². The third-order valence-electron chi connectivity index (χ3n) is 5.32. The Bertz CT molecular complexity index is 1380. The standard InChI is InChI=1S/C23H21N5O2/c1-14-26-21-12-24-20-9-18(15-11-25-27(2)13-15)22(30-4)10-19(20)23(21)28(14)16-5-7-17(29-3)8-6-16/h5-13H,1-4H3. The van der Waals surface area contributed by atoms with Crippen molar-refractivity contribution in [3.8, 4) is 28.3 Å². The Morgan fingerprint density at radius 1 is 0.933 bits per heavy atom. The highest BCUT2D eigenvalue weighted by atomic mass is 16.5. The smallest absolute Gasteiger partial charge is 0.127 e. The molecule has 0 spiro atoms. The molecule has 0 atom stereocenters. The molecule has 0 unspecified atom stereocenters. The van der Waals surface area contributed by atoms with E-state index in [1.165, 1.54) is 0 Å². The van der Waals surface area contributed by atoms with E-state index in [4.69, 9.17) is 14.5 Å². The zero-order valence-electron chi connectivity index (χ0n) is 17.2. The molecule has 7 nitrogen and oxygen atoms in total. The van der Waals surface area contributed by atoms with E-state index in [1.54, 1.807) is 18.9 Å². The number of benzene rings is 2. The molecule has 0 saturated carbocycles. The molecule has 0 aliphatic heterocycles. The Morgan fingerprint density at radius 3 is 2.40 bits per heavy atom. The van der Waals surface area contributed by atoms with Crippen molar-refractivity contribution in [2.45, 2.75) is 6.92 Å². The summed E-state index contributed by atoms with van der Waals surface area (Å²) in [6.07, 6.45) is 5.62. The highest BCUT2D eigenvalue weighted by molar-refractivity contribution is 6.05. The minimum Gasteiger partial charge on any atom is -0.497 e. The van der Waals surface area contributed by atoms with Crippen LogP contribution in [0.5, 0.6) is 11.5 Å². The Hall–Kier alpha value is -3.87. The van der Waals surface area contributed by atoms with E-state index in [2.05, 4.69) is 14.6 Å². The average Bonchev–Trinajstić information content (AvgIpc) is 3.35. The van der Waals surface area contributed by atoms with E-state index in [0.29, 0.717) is 0 Å². The molecule has 5 aromatic rings. The van der Waals surface area contributed by atoms with Gasteiger partial charge in [-0.15, -0.1) is 0 Å². The molecule has 7 heteroatoms. The van der Waals surface area contributed by atoms with Crippen molar-refractivity contribution in [2.24, 2.45) is 7.05 Å². The first kappa shape index (κ1) is 18.2. The summed E-state index contributed by atoms with van der Waals surface area (Å²) in [4.78, 5) is 9.41. The van der Waals surface area contributed by atoms with Crippen LogP contribution in [-0.2, 0) is 7.05 Å². The van der Waals surface area contributed by atoms with Crippen LogP contribution in [0, 0.1) is 6.92 Å². The second-order valence-corrected chi connectivity index (χ2v) is 7.16. The van der Waals surface area contributed by atoms with Gasteiger partial charge in [0.05, 0.1) is 37.6 Å². The summed E-state index contributed by atoms with van der Waals surface area (Å²) >= 11 is 0. The summed E-state index contributed by atoms with van der Waals surface area (Å²) in [7, 11) is 5.24. The fraction of sp³-hybridized carbons (Fsp3) is 0.174. The molecule has 0 N–H and O–H groups in total. The van der Waals surface area contributed by atoms with Crippen LogP contribution in [0.3, 0.4) is 0 Å². The molecule has 5 rings (SSSR count). The lowest BCUT2D eigenvalue weighted by Crippen LogP contribution is -1.98. The number of ether oxygens (including phenoxy) is 2. The van der Waals surface area contributed by atoms with Gasteiger partial charge in [-0.2, -0.15) is 5.10 Å². The number of imidazole rings is 1. The molecule has 3 aromatic heterocycles. The number of pyridine rings is 1. The highest BCUT2D eigenvalue weighted by Gasteiger charge is 2.17. The second-order valence-electron chi connectivity index (χ2n) is 7.16. The van der Waals surface area contributed by atoms with E-state index in [9.17, 15) is 0 Å². The molecule has 0 bridgehead atoms. The fourth-order valence-corrected chi connectivity index (χ4v) is 3.90. The third kappa shape index (κ3) is 2.78. The Balaban J connectivity index is 1.80. The van der Waals surface area contributed by atoms with E-state index in [1.807, 2.05) is 69.0 Å². The number of fused-ring (bicyclic) bond motifs is 3. The summed E-state index contributed by atoms with van der Waals surface area (Å²) in [5, 5.41) is 5.27. The van der Waals surface area contributed by atoms with Crippen molar-refractivity contribution in [3.63, 3.8) is 0 Å². The van der Waals surface area contributed by atoms with Gasteiger partial charge in [-0.05, 0) is 43.3 Å². The number of rotatable bonds is 4. The number of hydrogen-bond donors (Lipinski definition) is 0. The maximum atomic E-state index is 5.74. The molecular weight excluding hydrogens is 378 g/mol. The predicted octanol–water partition coefficient (Wildman–Crippen LogP) is 4.30. The van der Waals surface area contributed by atoms with Gasteiger partial charge in [-0.25, -0.2) is 4.98 Å². The topological polar surface area (TPSA) is 67.0 Å². The molecular formula is C23H21N5O2. The molecule has 0 amide bonds. The lowest BCUT2D eigenvalue weighted by molar-refractivity contribution is 0.414. The third-order valence-corrected chi connectivity index (χ3v) is 5.32. The molecule has 0 saturated heterocycles. The second kappa shape index (κ2) is 6.88. The monoisotopic (exact) mass is 399 g/mol. The zero-order valence-corrected chi connectivity index (χ0v) is 17.2. The zero-order chi connectivity index (χ0) is 20.8. The first-order valence-corrected chi connectivity index (χ1v) is 9.58. The van der Waals surface area contributed by atoms with Crippen LogP contribution in [0.15, 0.2) is 55.0 Å². The first-order chi connectivity index (χ1) is 14.6. The quantitative estimate of drug-likeness (QED) is 0.451. The Kier molecular flexibility index (Phi) is 4.17. The Labute approximate surface area is 173 Å². The van der Waals surface area contributed by atoms with E-state index in [0.717, 1.165) is 56.1 Å². The van der Waals surface area contributed by atoms with Crippen molar-refractivity contribution >= 4 is 21.9 Å². The first-order valence-electron chi connectivity index (χ1n) is 9.58. The maximum absolute atomic E-state index is 5.74. The van der Waals surface area contributed by atoms with Crippen molar-refractivity contribution in [3.05, 3.63) is 60.8 Å². The molecule has 150 valence electrons. The van der Waals surface area contributed by atoms with Gasteiger partial charge in [0, 0.05) is 35.4 Å². The molecule has 2 aromatic carbocycles. The van der Waals surface area contributed by atoms with Crippen LogP contribution in [-0.4, -0.2) is 38.5 Å². The Morgan fingerprint density at radius 2 is 1.73 bits per heavy atom. The SMILES string of the molecule is COc1ccc(-n2c(C)nc3cnc4cc(-c5cnn(C)c5)c(OC)cc4c32)cc1. The van der Waals surface area contributed by atoms with Crippen LogP contribution in [0.25, 0.3) is 38.8 Å². The van der Waals surface area contributed by atoms with Crippen molar-refractivity contribution < 1.29 is 9.47 Å². The average molecular weight is 399 g/mol. The lowest BCUT2D eigenvalue weighted by atomic mass is 10.0. The van der Waals surface area contributed by atoms with E-state index < -0.39 is 0 Å². The summed E-state index contributed by atoms with van der Waals surface area (Å²) < 4.78 is 15.0. The van der Waals surface area contributed by atoms with Gasteiger partial charge in [0.1, 0.15) is 22.8 Å². The van der Waals surface area contributed by atoms with Crippen LogP contribution < -0.4 is 9.47 Å². The predicted molar refractivity (Wildman–Crippen MR) is 116 cm³/mol.